The fourth-order valence-electron chi connectivity index (χ4n) is 3.15. The van der Waals surface area contributed by atoms with E-state index >= 15 is 0 Å². The molecule has 114 valence electrons. The topological polar surface area (TPSA) is 71.5 Å². The number of sulfone groups is 1. The van der Waals surface area contributed by atoms with Gasteiger partial charge in [-0.15, -0.1) is 0 Å². The number of carbonyl (C=O) groups is 2. The molecule has 2 aliphatic heterocycles. The van der Waals surface area contributed by atoms with E-state index in [2.05, 4.69) is 6.58 Å². The minimum Gasteiger partial charge on any atom is -0.321 e. The number of fused-ring (bicyclic) bond motifs is 2. The Bertz CT molecular complexity index is 767. The monoisotopic (exact) mass is 317 g/mol. The summed E-state index contributed by atoms with van der Waals surface area (Å²) in [5, 5.41) is -0.925. The minimum atomic E-state index is -3.69. The number of ketones is 1. The van der Waals surface area contributed by atoms with Crippen molar-refractivity contribution < 1.29 is 18.0 Å². The van der Waals surface area contributed by atoms with Gasteiger partial charge in [-0.25, -0.2) is 8.42 Å². The van der Waals surface area contributed by atoms with Crippen LogP contribution in [0.25, 0.3) is 0 Å². The summed E-state index contributed by atoms with van der Waals surface area (Å²) in [5.74, 6) is -0.771. The van der Waals surface area contributed by atoms with Crippen LogP contribution in [-0.2, 0) is 19.4 Å². The van der Waals surface area contributed by atoms with Crippen molar-refractivity contribution in [3.63, 3.8) is 0 Å². The number of benzene rings is 1. The van der Waals surface area contributed by atoms with Gasteiger partial charge in [-0.1, -0.05) is 30.9 Å². The molecule has 2 heterocycles. The molecule has 5 nitrogen and oxygen atoms in total. The number of hydrogen-bond acceptors (Lipinski definition) is 4. The van der Waals surface area contributed by atoms with Crippen molar-refractivity contribution in [3.8, 4) is 0 Å². The largest absolute Gasteiger partial charge is 0.321 e. The first-order valence-corrected chi connectivity index (χ1v) is 8.47. The fraction of sp³-hybridized carbons (Fsp3) is 0.250. The SMILES string of the molecule is C=CC(=O)N1[C@@H]2C=CC(=O)[C@H]1[C@H](S(=O)(=O)c1ccccc1)C2. The molecule has 22 heavy (non-hydrogen) atoms. The molecular formula is C16H15NO4S. The molecule has 1 saturated heterocycles. The Morgan fingerprint density at radius 3 is 2.59 bits per heavy atom. The first kappa shape index (κ1) is 14.7. The average molecular weight is 317 g/mol. The highest BCUT2D eigenvalue weighted by molar-refractivity contribution is 7.92. The van der Waals surface area contributed by atoms with Crippen LogP contribution in [0.2, 0.25) is 0 Å². The van der Waals surface area contributed by atoms with Gasteiger partial charge in [0.2, 0.25) is 5.91 Å². The van der Waals surface area contributed by atoms with Gasteiger partial charge < -0.3 is 4.90 Å². The molecule has 2 bridgehead atoms. The third-order valence-corrected chi connectivity index (χ3v) is 6.33. The maximum absolute atomic E-state index is 12.8. The van der Waals surface area contributed by atoms with Crippen molar-refractivity contribution >= 4 is 21.5 Å². The second-order valence-corrected chi connectivity index (χ2v) is 7.52. The normalized spacial score (nSPS) is 27.0. The summed E-state index contributed by atoms with van der Waals surface area (Å²) in [6, 6.07) is 6.68. The molecule has 0 aliphatic carbocycles. The maximum Gasteiger partial charge on any atom is 0.247 e. The summed E-state index contributed by atoms with van der Waals surface area (Å²) < 4.78 is 25.7. The van der Waals surface area contributed by atoms with Crippen LogP contribution >= 0.6 is 0 Å². The van der Waals surface area contributed by atoms with Crippen LogP contribution in [0.1, 0.15) is 6.42 Å². The van der Waals surface area contributed by atoms with Crippen LogP contribution in [0, 0.1) is 0 Å². The first-order valence-electron chi connectivity index (χ1n) is 6.92. The highest BCUT2D eigenvalue weighted by atomic mass is 32.2. The summed E-state index contributed by atoms with van der Waals surface area (Å²) >= 11 is 0. The Morgan fingerprint density at radius 1 is 1.27 bits per heavy atom. The Hall–Kier alpha value is -2.21. The molecule has 0 N–H and O–H groups in total. The zero-order valence-corrected chi connectivity index (χ0v) is 12.6. The molecule has 0 spiro atoms. The Labute approximate surface area is 128 Å². The van der Waals surface area contributed by atoms with E-state index in [0.717, 1.165) is 6.08 Å². The lowest BCUT2D eigenvalue weighted by Crippen LogP contribution is -2.49. The van der Waals surface area contributed by atoms with Crippen LogP contribution in [-0.4, -0.2) is 42.3 Å². The van der Waals surface area contributed by atoms with Crippen molar-refractivity contribution in [1.82, 2.24) is 4.90 Å². The molecule has 3 atom stereocenters. The van der Waals surface area contributed by atoms with E-state index in [1.54, 1.807) is 24.3 Å². The van der Waals surface area contributed by atoms with Crippen LogP contribution in [0.4, 0.5) is 0 Å². The van der Waals surface area contributed by atoms with Crippen molar-refractivity contribution in [1.29, 1.82) is 0 Å². The van der Waals surface area contributed by atoms with E-state index in [9.17, 15) is 18.0 Å². The Balaban J connectivity index is 2.05. The zero-order valence-electron chi connectivity index (χ0n) is 11.8. The second-order valence-electron chi connectivity index (χ2n) is 5.36. The number of carbonyl (C=O) groups excluding carboxylic acids is 2. The van der Waals surface area contributed by atoms with Gasteiger partial charge in [0, 0.05) is 0 Å². The van der Waals surface area contributed by atoms with E-state index in [4.69, 9.17) is 0 Å². The highest BCUT2D eigenvalue weighted by Gasteiger charge is 2.53. The van der Waals surface area contributed by atoms with Crippen LogP contribution in [0.3, 0.4) is 0 Å². The third kappa shape index (κ3) is 2.11. The Kier molecular flexibility index (Phi) is 3.48. The molecule has 0 saturated carbocycles. The molecule has 0 unspecified atom stereocenters. The highest BCUT2D eigenvalue weighted by Crippen LogP contribution is 2.37. The third-order valence-electron chi connectivity index (χ3n) is 4.16. The fourth-order valence-corrected chi connectivity index (χ4v) is 5.09. The molecule has 0 radical (unpaired) electrons. The summed E-state index contributed by atoms with van der Waals surface area (Å²) in [4.78, 5) is 25.7. The van der Waals surface area contributed by atoms with Gasteiger partial charge in [0.1, 0.15) is 6.04 Å². The molecule has 6 heteroatoms. The van der Waals surface area contributed by atoms with Crippen LogP contribution in [0.5, 0.6) is 0 Å². The molecule has 0 aromatic heterocycles. The van der Waals surface area contributed by atoms with Gasteiger partial charge in [0.15, 0.2) is 15.6 Å². The van der Waals surface area contributed by atoms with E-state index in [0.29, 0.717) is 0 Å². The standard InChI is InChI=1S/C16H15NO4S/c1-2-15(19)17-11-8-9-13(18)16(17)14(10-11)22(20,21)12-6-4-3-5-7-12/h2-9,11,14,16H,1,10H2/t11-,14-,16+/m1/s1. The smallest absolute Gasteiger partial charge is 0.247 e. The number of nitrogens with zero attached hydrogens (tertiary/aromatic N) is 1. The summed E-state index contributed by atoms with van der Waals surface area (Å²) in [6.07, 6.45) is 4.32. The van der Waals surface area contributed by atoms with Gasteiger partial charge in [0.05, 0.1) is 16.2 Å². The summed E-state index contributed by atoms with van der Waals surface area (Å²) in [6.45, 7) is 3.43. The van der Waals surface area contributed by atoms with E-state index in [1.165, 1.54) is 23.1 Å². The zero-order chi connectivity index (χ0) is 15.9. The molecule has 1 aromatic carbocycles. The van der Waals surface area contributed by atoms with Gasteiger partial charge in [-0.3, -0.25) is 9.59 Å². The quantitative estimate of drug-likeness (QED) is 0.783. The summed E-state index contributed by atoms with van der Waals surface area (Å²) in [5.41, 5.74) is 0. The van der Waals surface area contributed by atoms with Crippen molar-refractivity contribution in [2.24, 2.45) is 0 Å². The Morgan fingerprint density at radius 2 is 1.95 bits per heavy atom. The lowest BCUT2D eigenvalue weighted by Gasteiger charge is -2.30. The average Bonchev–Trinajstić information content (AvgIpc) is 2.84. The van der Waals surface area contributed by atoms with E-state index in [-0.39, 0.29) is 23.1 Å². The molecule has 1 amide bonds. The predicted octanol–water partition coefficient (Wildman–Crippen LogP) is 1.12. The van der Waals surface area contributed by atoms with E-state index < -0.39 is 27.0 Å². The first-order chi connectivity index (χ1) is 10.5. The molecular weight excluding hydrogens is 302 g/mol. The van der Waals surface area contributed by atoms with Gasteiger partial charge in [-0.2, -0.15) is 0 Å². The second kappa shape index (κ2) is 5.21. The van der Waals surface area contributed by atoms with Crippen LogP contribution < -0.4 is 0 Å². The lowest BCUT2D eigenvalue weighted by molar-refractivity contribution is -0.133. The minimum absolute atomic E-state index is 0.173. The lowest BCUT2D eigenvalue weighted by atomic mass is 10.1. The summed E-state index contributed by atoms with van der Waals surface area (Å²) in [7, 11) is -3.69. The molecule has 3 rings (SSSR count). The number of rotatable bonds is 3. The van der Waals surface area contributed by atoms with Crippen molar-refractivity contribution in [2.45, 2.75) is 28.6 Å². The van der Waals surface area contributed by atoms with Crippen molar-refractivity contribution in [2.75, 3.05) is 0 Å². The predicted molar refractivity (Wildman–Crippen MR) is 80.8 cm³/mol. The van der Waals surface area contributed by atoms with Gasteiger partial charge in [0.25, 0.3) is 0 Å². The number of amides is 1. The van der Waals surface area contributed by atoms with Crippen LogP contribution in [0.15, 0.2) is 60.0 Å². The van der Waals surface area contributed by atoms with E-state index in [1.807, 2.05) is 0 Å². The van der Waals surface area contributed by atoms with Gasteiger partial charge >= 0.3 is 0 Å². The maximum atomic E-state index is 12.8. The molecule has 1 fully saturated rings. The van der Waals surface area contributed by atoms with Crippen molar-refractivity contribution in [3.05, 3.63) is 55.1 Å². The molecule has 1 aromatic rings. The number of hydrogen-bond donors (Lipinski definition) is 0. The van der Waals surface area contributed by atoms with Gasteiger partial charge in [-0.05, 0) is 30.7 Å². The molecule has 2 aliphatic rings.